The number of carbonyl (C=O) groups is 2. The SMILES string of the molecule is C=CCN(C(=O)NCC(=O)OCC)C(C)(C)C. The highest BCUT2D eigenvalue weighted by Crippen LogP contribution is 2.12. The standard InChI is InChI=1S/C12H22N2O3/c1-6-8-14(12(3,4)5)11(16)13-9-10(15)17-7-2/h6H,1,7-9H2,2-5H3,(H,13,16). The van der Waals surface area contributed by atoms with E-state index < -0.39 is 5.97 Å². The van der Waals surface area contributed by atoms with E-state index in [1.54, 1.807) is 17.9 Å². The van der Waals surface area contributed by atoms with Gasteiger partial charge in [0.05, 0.1) is 6.61 Å². The molecule has 0 bridgehead atoms. The average Bonchev–Trinajstić information content (AvgIpc) is 2.21. The second kappa shape index (κ2) is 6.93. The number of ether oxygens (including phenoxy) is 1. The molecule has 0 atom stereocenters. The molecule has 5 heteroatoms. The normalized spacial score (nSPS) is 10.6. The summed E-state index contributed by atoms with van der Waals surface area (Å²) in [5.41, 5.74) is -0.326. The molecule has 0 saturated heterocycles. The zero-order chi connectivity index (χ0) is 13.5. The van der Waals surface area contributed by atoms with Crippen molar-refractivity contribution < 1.29 is 14.3 Å². The molecule has 17 heavy (non-hydrogen) atoms. The second-order valence-electron chi connectivity index (χ2n) is 4.53. The highest BCUT2D eigenvalue weighted by Gasteiger charge is 2.25. The van der Waals surface area contributed by atoms with E-state index in [0.717, 1.165) is 0 Å². The molecular formula is C12H22N2O3. The summed E-state index contributed by atoms with van der Waals surface area (Å²) in [6.45, 7) is 11.7. The number of hydrogen-bond donors (Lipinski definition) is 1. The van der Waals surface area contributed by atoms with E-state index >= 15 is 0 Å². The summed E-state index contributed by atoms with van der Waals surface area (Å²) in [6, 6.07) is -0.301. The monoisotopic (exact) mass is 242 g/mol. The average molecular weight is 242 g/mol. The molecule has 0 aromatic heterocycles. The van der Waals surface area contributed by atoms with Crippen molar-refractivity contribution in [1.82, 2.24) is 10.2 Å². The van der Waals surface area contributed by atoms with Gasteiger partial charge >= 0.3 is 12.0 Å². The van der Waals surface area contributed by atoms with Crippen molar-refractivity contribution in [3.63, 3.8) is 0 Å². The van der Waals surface area contributed by atoms with Gasteiger partial charge in [0.2, 0.25) is 0 Å². The summed E-state index contributed by atoms with van der Waals surface area (Å²) in [6.07, 6.45) is 1.65. The molecule has 0 fully saturated rings. The molecule has 0 aromatic carbocycles. The van der Waals surface area contributed by atoms with Crippen LogP contribution in [-0.4, -0.2) is 42.1 Å². The van der Waals surface area contributed by atoms with Gasteiger partial charge in [-0.3, -0.25) is 4.79 Å². The van der Waals surface area contributed by atoms with Crippen LogP contribution < -0.4 is 5.32 Å². The highest BCUT2D eigenvalue weighted by molar-refractivity contribution is 5.81. The fraction of sp³-hybridized carbons (Fsp3) is 0.667. The van der Waals surface area contributed by atoms with Gasteiger partial charge in [0, 0.05) is 12.1 Å². The zero-order valence-corrected chi connectivity index (χ0v) is 11.1. The van der Waals surface area contributed by atoms with E-state index in [-0.39, 0.29) is 18.1 Å². The maximum Gasteiger partial charge on any atom is 0.325 e. The third-order valence-corrected chi connectivity index (χ3v) is 2.06. The minimum Gasteiger partial charge on any atom is -0.465 e. The van der Waals surface area contributed by atoms with Gasteiger partial charge in [0.25, 0.3) is 0 Å². The van der Waals surface area contributed by atoms with Gasteiger partial charge in [0.1, 0.15) is 6.54 Å². The van der Waals surface area contributed by atoms with Crippen LogP contribution in [0.1, 0.15) is 27.7 Å². The molecule has 1 N–H and O–H groups in total. The van der Waals surface area contributed by atoms with Crippen LogP contribution in [0.15, 0.2) is 12.7 Å². The van der Waals surface area contributed by atoms with Crippen LogP contribution in [0.25, 0.3) is 0 Å². The quantitative estimate of drug-likeness (QED) is 0.587. The van der Waals surface area contributed by atoms with Crippen LogP contribution in [0, 0.1) is 0 Å². The van der Waals surface area contributed by atoms with Crippen LogP contribution in [-0.2, 0) is 9.53 Å². The fourth-order valence-electron chi connectivity index (χ4n) is 1.25. The molecule has 2 amide bonds. The van der Waals surface area contributed by atoms with Gasteiger partial charge in [-0.2, -0.15) is 0 Å². The Labute approximate surface area is 103 Å². The lowest BCUT2D eigenvalue weighted by molar-refractivity contribution is -0.141. The van der Waals surface area contributed by atoms with Crippen molar-refractivity contribution in [2.24, 2.45) is 0 Å². The molecule has 0 radical (unpaired) electrons. The molecule has 0 spiro atoms. The van der Waals surface area contributed by atoms with Crippen LogP contribution >= 0.6 is 0 Å². The van der Waals surface area contributed by atoms with E-state index in [0.29, 0.717) is 13.2 Å². The molecule has 0 aliphatic carbocycles. The molecular weight excluding hydrogens is 220 g/mol. The Bertz CT molecular complexity index is 282. The lowest BCUT2D eigenvalue weighted by Crippen LogP contribution is -2.51. The first-order valence-electron chi connectivity index (χ1n) is 5.65. The lowest BCUT2D eigenvalue weighted by Gasteiger charge is -2.34. The van der Waals surface area contributed by atoms with Gasteiger partial charge in [0.15, 0.2) is 0 Å². The zero-order valence-electron chi connectivity index (χ0n) is 11.1. The summed E-state index contributed by atoms with van der Waals surface area (Å²) in [5.74, 6) is -0.437. The summed E-state index contributed by atoms with van der Waals surface area (Å²) in [5, 5.41) is 2.52. The van der Waals surface area contributed by atoms with Crippen molar-refractivity contribution in [1.29, 1.82) is 0 Å². The highest BCUT2D eigenvalue weighted by atomic mass is 16.5. The first kappa shape index (κ1) is 15.5. The Kier molecular flexibility index (Phi) is 6.31. The fourth-order valence-corrected chi connectivity index (χ4v) is 1.25. The van der Waals surface area contributed by atoms with Gasteiger partial charge in [-0.25, -0.2) is 4.79 Å². The predicted molar refractivity (Wildman–Crippen MR) is 66.7 cm³/mol. The summed E-state index contributed by atoms with van der Waals surface area (Å²) < 4.78 is 4.73. The van der Waals surface area contributed by atoms with Crippen molar-refractivity contribution in [2.45, 2.75) is 33.2 Å². The maximum absolute atomic E-state index is 11.8. The lowest BCUT2D eigenvalue weighted by atomic mass is 10.1. The number of nitrogens with zero attached hydrogens (tertiary/aromatic N) is 1. The summed E-state index contributed by atoms with van der Waals surface area (Å²) in [7, 11) is 0. The van der Waals surface area contributed by atoms with E-state index in [4.69, 9.17) is 4.74 Å². The molecule has 0 saturated carbocycles. The summed E-state index contributed by atoms with van der Waals surface area (Å²) in [4.78, 5) is 24.5. The molecule has 5 nitrogen and oxygen atoms in total. The Balaban J connectivity index is 4.34. The Morgan fingerprint density at radius 2 is 2.00 bits per heavy atom. The third-order valence-electron chi connectivity index (χ3n) is 2.06. The van der Waals surface area contributed by atoms with Crippen molar-refractivity contribution >= 4 is 12.0 Å². The van der Waals surface area contributed by atoms with Crippen molar-refractivity contribution in [3.8, 4) is 0 Å². The van der Waals surface area contributed by atoms with Gasteiger partial charge in [-0.15, -0.1) is 6.58 Å². The molecule has 0 aliphatic heterocycles. The van der Waals surface area contributed by atoms with Gasteiger partial charge < -0.3 is 15.0 Å². The van der Waals surface area contributed by atoms with Crippen LogP contribution in [0.4, 0.5) is 4.79 Å². The minimum absolute atomic E-state index is 0.115. The van der Waals surface area contributed by atoms with E-state index in [2.05, 4.69) is 11.9 Å². The van der Waals surface area contributed by atoms with Crippen LogP contribution in [0.2, 0.25) is 0 Å². The number of esters is 1. The number of nitrogens with one attached hydrogen (secondary N) is 1. The Morgan fingerprint density at radius 3 is 2.41 bits per heavy atom. The smallest absolute Gasteiger partial charge is 0.325 e. The first-order valence-corrected chi connectivity index (χ1v) is 5.65. The van der Waals surface area contributed by atoms with E-state index in [1.165, 1.54) is 0 Å². The van der Waals surface area contributed by atoms with E-state index in [1.807, 2.05) is 20.8 Å². The van der Waals surface area contributed by atoms with E-state index in [9.17, 15) is 9.59 Å². The second-order valence-corrected chi connectivity index (χ2v) is 4.53. The van der Waals surface area contributed by atoms with Crippen LogP contribution in [0.3, 0.4) is 0 Å². The molecule has 0 rings (SSSR count). The molecule has 0 heterocycles. The predicted octanol–water partition coefficient (Wildman–Crippen LogP) is 1.55. The largest absolute Gasteiger partial charge is 0.465 e. The van der Waals surface area contributed by atoms with Crippen LogP contribution in [0.5, 0.6) is 0 Å². The molecule has 98 valence electrons. The number of rotatable bonds is 5. The number of carbonyl (C=O) groups excluding carboxylic acids is 2. The van der Waals surface area contributed by atoms with Gasteiger partial charge in [-0.1, -0.05) is 6.08 Å². The Hall–Kier alpha value is -1.52. The first-order chi connectivity index (χ1) is 7.82. The molecule has 0 aromatic rings. The number of hydrogen-bond acceptors (Lipinski definition) is 3. The number of amides is 2. The summed E-state index contributed by atoms with van der Waals surface area (Å²) >= 11 is 0. The Morgan fingerprint density at radius 1 is 1.41 bits per heavy atom. The number of urea groups is 1. The maximum atomic E-state index is 11.8. The molecule has 0 unspecified atom stereocenters. The van der Waals surface area contributed by atoms with Gasteiger partial charge in [-0.05, 0) is 27.7 Å². The third kappa shape index (κ3) is 5.94. The molecule has 0 aliphatic rings. The van der Waals surface area contributed by atoms with Crippen molar-refractivity contribution in [3.05, 3.63) is 12.7 Å². The topological polar surface area (TPSA) is 58.6 Å². The minimum atomic E-state index is -0.437. The van der Waals surface area contributed by atoms with Crippen molar-refractivity contribution in [2.75, 3.05) is 19.7 Å².